The van der Waals surface area contributed by atoms with E-state index < -0.39 is 15.9 Å². The Labute approximate surface area is 238 Å². The van der Waals surface area contributed by atoms with Crippen LogP contribution >= 0.6 is 0 Å². The van der Waals surface area contributed by atoms with Gasteiger partial charge >= 0.3 is 0 Å². The van der Waals surface area contributed by atoms with Crippen molar-refractivity contribution < 1.29 is 17.9 Å². The summed E-state index contributed by atoms with van der Waals surface area (Å²) in [6.45, 7) is 5.06. The first-order valence-electron chi connectivity index (χ1n) is 13.3. The maximum Gasteiger partial charge on any atom is 0.281 e. The molecule has 1 aliphatic rings. The number of hydrogen-bond acceptors (Lipinski definition) is 10. The zero-order chi connectivity index (χ0) is 29.0. The van der Waals surface area contributed by atoms with Crippen molar-refractivity contribution in [3.8, 4) is 17.1 Å². The zero-order valence-corrected chi connectivity index (χ0v) is 23.6. The predicted molar refractivity (Wildman–Crippen MR) is 155 cm³/mol. The van der Waals surface area contributed by atoms with Crippen LogP contribution in [0.4, 0.5) is 11.6 Å². The quantitative estimate of drug-likeness (QED) is 0.318. The lowest BCUT2D eigenvalue weighted by Crippen LogP contribution is -2.38. The highest BCUT2D eigenvalue weighted by atomic mass is 32.2. The van der Waals surface area contributed by atoms with Crippen molar-refractivity contribution >= 4 is 27.6 Å². The van der Waals surface area contributed by atoms with Crippen molar-refractivity contribution in [2.45, 2.75) is 43.7 Å². The number of ether oxygens (including phenoxy) is 1. The Kier molecular flexibility index (Phi) is 8.11. The lowest BCUT2D eigenvalue weighted by atomic mass is 9.94. The zero-order valence-electron chi connectivity index (χ0n) is 22.8. The number of nitrogens with zero attached hydrogens (tertiary/aromatic N) is 5. The van der Waals surface area contributed by atoms with Gasteiger partial charge in [0.15, 0.2) is 5.03 Å². The molecule has 41 heavy (non-hydrogen) atoms. The van der Waals surface area contributed by atoms with Crippen LogP contribution in [-0.2, 0) is 10.0 Å². The summed E-state index contributed by atoms with van der Waals surface area (Å²) in [5.74, 6) is 0.204. The number of rotatable bonds is 8. The normalized spacial score (nSPS) is 15.5. The Bertz CT molecular complexity index is 1630. The molecule has 1 amide bonds. The van der Waals surface area contributed by atoms with Gasteiger partial charge in [-0.2, -0.15) is 8.42 Å². The minimum Gasteiger partial charge on any atom is -0.475 e. The highest BCUT2D eigenvalue weighted by molar-refractivity contribution is 7.90. The van der Waals surface area contributed by atoms with Crippen molar-refractivity contribution in [2.24, 2.45) is 0 Å². The van der Waals surface area contributed by atoms with E-state index in [1.807, 2.05) is 43.0 Å². The largest absolute Gasteiger partial charge is 0.475 e. The third kappa shape index (κ3) is 6.60. The summed E-state index contributed by atoms with van der Waals surface area (Å²) in [5.41, 5.74) is 8.05. The van der Waals surface area contributed by atoms with E-state index in [9.17, 15) is 13.2 Å². The second-order valence-corrected chi connectivity index (χ2v) is 11.6. The summed E-state index contributed by atoms with van der Waals surface area (Å²) in [7, 11) is -4.28. The number of carbonyl (C=O) groups excluding carboxylic acids is 1. The van der Waals surface area contributed by atoms with Gasteiger partial charge in [-0.25, -0.2) is 19.7 Å². The smallest absolute Gasteiger partial charge is 0.281 e. The number of hydrogen-bond donors (Lipinski definition) is 2. The third-order valence-corrected chi connectivity index (χ3v) is 7.81. The lowest BCUT2D eigenvalue weighted by Gasteiger charge is -2.34. The molecule has 5 rings (SSSR count). The SMILES string of the molecule is CC(C)Oc1ccc(-c2ccc(C(=O)NS(=O)(=O)c3cccc(N)n3)c(N3CCCC(c4ccccn4)C3)n2)cn1. The molecule has 4 aromatic rings. The highest BCUT2D eigenvalue weighted by Crippen LogP contribution is 2.32. The van der Waals surface area contributed by atoms with E-state index in [1.54, 1.807) is 30.6 Å². The minimum absolute atomic E-state index is 0.0131. The van der Waals surface area contributed by atoms with Gasteiger partial charge in [0.05, 0.1) is 17.4 Å². The first-order chi connectivity index (χ1) is 19.7. The Balaban J connectivity index is 1.50. The molecule has 1 atom stereocenters. The second-order valence-electron chi connectivity index (χ2n) is 9.99. The topological polar surface area (TPSA) is 153 Å². The summed E-state index contributed by atoms with van der Waals surface area (Å²) < 4.78 is 33.7. The lowest BCUT2D eigenvalue weighted by molar-refractivity contribution is 0.0981. The molecule has 11 nitrogen and oxygen atoms in total. The maximum atomic E-state index is 13.5. The molecule has 0 aliphatic carbocycles. The van der Waals surface area contributed by atoms with Crippen LogP contribution in [0, 0.1) is 0 Å². The van der Waals surface area contributed by atoms with Gasteiger partial charge in [-0.15, -0.1) is 0 Å². The molecule has 212 valence electrons. The Morgan fingerprint density at radius 2 is 1.90 bits per heavy atom. The van der Waals surface area contributed by atoms with Gasteiger partial charge in [0.1, 0.15) is 11.6 Å². The summed E-state index contributed by atoms with van der Waals surface area (Å²) in [4.78, 5) is 33.1. The van der Waals surface area contributed by atoms with Crippen LogP contribution < -0.4 is 20.1 Å². The summed E-state index contributed by atoms with van der Waals surface area (Å²) >= 11 is 0. The van der Waals surface area contributed by atoms with Crippen molar-refractivity contribution in [1.82, 2.24) is 24.7 Å². The van der Waals surface area contributed by atoms with E-state index in [1.165, 1.54) is 18.2 Å². The molecule has 0 aromatic carbocycles. The monoisotopic (exact) mass is 573 g/mol. The number of nitrogens with two attached hydrogens (primary N) is 1. The number of nitrogen functional groups attached to an aromatic ring is 1. The number of sulfonamides is 1. The van der Waals surface area contributed by atoms with Crippen molar-refractivity contribution in [2.75, 3.05) is 23.7 Å². The molecular formula is C29H31N7O4S. The highest BCUT2D eigenvalue weighted by Gasteiger charge is 2.29. The maximum absolute atomic E-state index is 13.5. The Hall–Kier alpha value is -4.58. The van der Waals surface area contributed by atoms with Gasteiger partial charge in [-0.05, 0) is 69.2 Å². The number of piperidine rings is 1. The fourth-order valence-electron chi connectivity index (χ4n) is 4.71. The molecule has 4 aromatic heterocycles. The van der Waals surface area contributed by atoms with Crippen LogP contribution in [0.2, 0.25) is 0 Å². The van der Waals surface area contributed by atoms with Gasteiger partial charge in [0.25, 0.3) is 15.9 Å². The first-order valence-corrected chi connectivity index (χ1v) is 14.8. The van der Waals surface area contributed by atoms with E-state index in [4.69, 9.17) is 15.5 Å². The van der Waals surface area contributed by atoms with Gasteiger partial charge in [0, 0.05) is 48.7 Å². The molecule has 5 heterocycles. The second kappa shape index (κ2) is 11.9. The molecule has 0 saturated carbocycles. The van der Waals surface area contributed by atoms with Gasteiger partial charge in [0.2, 0.25) is 5.88 Å². The standard InChI is InChI=1S/C29H31N7O4S/c1-19(2)40-26-14-11-20(17-32-26)24-13-12-22(29(37)35-41(38,39)27-10-5-9-25(30)34-27)28(33-24)36-16-6-7-21(18-36)23-8-3-4-15-31-23/h3-5,8-15,17,19,21H,6-7,16,18H2,1-2H3,(H2,30,34)(H,35,37). The molecule has 1 aliphatic heterocycles. The number of aromatic nitrogens is 4. The molecule has 0 spiro atoms. The van der Waals surface area contributed by atoms with Crippen molar-refractivity contribution in [3.63, 3.8) is 0 Å². The molecule has 0 radical (unpaired) electrons. The number of amides is 1. The van der Waals surface area contributed by atoms with E-state index in [0.29, 0.717) is 30.5 Å². The Morgan fingerprint density at radius 1 is 1.05 bits per heavy atom. The van der Waals surface area contributed by atoms with Gasteiger partial charge in [-0.1, -0.05) is 12.1 Å². The van der Waals surface area contributed by atoms with Crippen molar-refractivity contribution in [3.05, 3.63) is 84.3 Å². The van der Waals surface area contributed by atoms with Crippen molar-refractivity contribution in [1.29, 1.82) is 0 Å². The van der Waals surface area contributed by atoms with Crippen LogP contribution in [0.3, 0.4) is 0 Å². The third-order valence-electron chi connectivity index (χ3n) is 6.58. The minimum atomic E-state index is -4.28. The molecule has 1 unspecified atom stereocenters. The molecular weight excluding hydrogens is 542 g/mol. The summed E-state index contributed by atoms with van der Waals surface area (Å²) in [6, 6.07) is 16.9. The van der Waals surface area contributed by atoms with E-state index >= 15 is 0 Å². The molecule has 3 N–H and O–H groups in total. The number of pyridine rings is 4. The molecule has 0 bridgehead atoms. The van der Waals surface area contributed by atoms with Crippen LogP contribution in [0.25, 0.3) is 11.3 Å². The average Bonchev–Trinajstić information content (AvgIpc) is 2.97. The number of carbonyl (C=O) groups is 1. The molecule has 12 heteroatoms. The van der Waals surface area contributed by atoms with Crippen LogP contribution in [0.5, 0.6) is 5.88 Å². The van der Waals surface area contributed by atoms with Crippen LogP contribution in [-0.4, -0.2) is 53.5 Å². The van der Waals surface area contributed by atoms with Crippen LogP contribution in [0.1, 0.15) is 48.7 Å². The Morgan fingerprint density at radius 3 is 2.61 bits per heavy atom. The first kappa shape index (κ1) is 28.0. The fourth-order valence-corrected chi connectivity index (χ4v) is 5.65. The fraction of sp³-hybridized carbons (Fsp3) is 0.276. The summed E-state index contributed by atoms with van der Waals surface area (Å²) in [5, 5.41) is -0.347. The average molecular weight is 574 g/mol. The number of anilines is 2. The predicted octanol–water partition coefficient (Wildman–Crippen LogP) is 3.81. The van der Waals surface area contributed by atoms with E-state index in [-0.39, 0.29) is 28.4 Å². The van der Waals surface area contributed by atoms with Gasteiger partial charge < -0.3 is 15.4 Å². The van der Waals surface area contributed by atoms with E-state index in [2.05, 4.69) is 19.7 Å². The van der Waals surface area contributed by atoms with Crippen LogP contribution in [0.15, 0.2) is 78.1 Å². The number of nitrogens with one attached hydrogen (secondary N) is 1. The summed E-state index contributed by atoms with van der Waals surface area (Å²) in [6.07, 6.45) is 5.20. The van der Waals surface area contributed by atoms with Gasteiger partial charge in [-0.3, -0.25) is 9.78 Å². The molecule has 1 fully saturated rings. The van der Waals surface area contributed by atoms with E-state index in [0.717, 1.165) is 24.1 Å². The molecule has 1 saturated heterocycles.